The number of carbonyl (C=O) groups excluding carboxylic acids is 1. The summed E-state index contributed by atoms with van der Waals surface area (Å²) >= 11 is 5.77. The average molecular weight is 262 g/mol. The fourth-order valence-electron chi connectivity index (χ4n) is 1.37. The van der Waals surface area contributed by atoms with Crippen molar-refractivity contribution < 1.29 is 13.6 Å². The minimum absolute atomic E-state index is 0.00669. The number of nitrogens with zero attached hydrogens (tertiary/aromatic N) is 1. The van der Waals surface area contributed by atoms with E-state index in [4.69, 9.17) is 11.6 Å². The Hall–Kier alpha value is -1.16. The molecule has 1 unspecified atom stereocenters. The summed E-state index contributed by atoms with van der Waals surface area (Å²) < 4.78 is 25.9. The van der Waals surface area contributed by atoms with E-state index in [-0.39, 0.29) is 10.9 Å². The second-order valence-electron chi connectivity index (χ2n) is 3.95. The monoisotopic (exact) mass is 261 g/mol. The number of hydrogen-bond donors (Lipinski definition) is 0. The molecular weight excluding hydrogens is 248 g/mol. The average Bonchev–Trinajstić information content (AvgIpc) is 2.23. The maximum Gasteiger partial charge on any atom is 0.253 e. The normalized spacial score (nSPS) is 12.3. The van der Waals surface area contributed by atoms with Crippen LogP contribution in [0, 0.1) is 11.6 Å². The van der Waals surface area contributed by atoms with Crippen LogP contribution in [0.25, 0.3) is 0 Å². The molecule has 0 saturated heterocycles. The zero-order valence-electron chi connectivity index (χ0n) is 9.71. The van der Waals surface area contributed by atoms with E-state index >= 15 is 0 Å². The fraction of sp³-hybridized carbons (Fsp3) is 0.417. The maximum absolute atomic E-state index is 12.9. The molecule has 1 aromatic rings. The first kappa shape index (κ1) is 13.9. The quantitative estimate of drug-likeness (QED) is 0.763. The molecule has 0 spiro atoms. The first-order valence-corrected chi connectivity index (χ1v) is 5.69. The summed E-state index contributed by atoms with van der Waals surface area (Å²) in [6.07, 6.45) is 0.627. The van der Waals surface area contributed by atoms with E-state index in [1.807, 2.05) is 6.92 Å². The van der Waals surface area contributed by atoms with E-state index in [1.165, 1.54) is 4.90 Å². The first-order valence-electron chi connectivity index (χ1n) is 5.26. The maximum atomic E-state index is 12.9. The van der Waals surface area contributed by atoms with Gasteiger partial charge in [-0.1, -0.05) is 0 Å². The number of halogens is 3. The van der Waals surface area contributed by atoms with E-state index in [1.54, 1.807) is 7.05 Å². The van der Waals surface area contributed by atoms with Crippen molar-refractivity contribution in [3.8, 4) is 0 Å². The molecule has 0 N–H and O–H groups in total. The Kier molecular flexibility index (Phi) is 4.87. The number of amides is 1. The molecule has 94 valence electrons. The van der Waals surface area contributed by atoms with Gasteiger partial charge < -0.3 is 4.90 Å². The van der Waals surface area contributed by atoms with E-state index < -0.39 is 17.5 Å². The summed E-state index contributed by atoms with van der Waals surface area (Å²) in [6, 6.07) is 2.77. The van der Waals surface area contributed by atoms with Gasteiger partial charge in [0.25, 0.3) is 5.91 Å². The van der Waals surface area contributed by atoms with Crippen molar-refractivity contribution in [3.63, 3.8) is 0 Å². The molecule has 0 aliphatic rings. The SMILES string of the molecule is CC(Cl)CCN(C)C(=O)c1cc(F)cc(F)c1. The Labute approximate surface area is 104 Å². The van der Waals surface area contributed by atoms with Gasteiger partial charge in [-0.25, -0.2) is 8.78 Å². The van der Waals surface area contributed by atoms with Crippen LogP contribution in [0.5, 0.6) is 0 Å². The van der Waals surface area contributed by atoms with Gasteiger partial charge in [-0.3, -0.25) is 4.79 Å². The minimum Gasteiger partial charge on any atom is -0.342 e. The molecule has 1 aromatic carbocycles. The molecule has 0 saturated carbocycles. The van der Waals surface area contributed by atoms with Crippen molar-refractivity contribution in [2.24, 2.45) is 0 Å². The second kappa shape index (κ2) is 5.96. The van der Waals surface area contributed by atoms with Crippen molar-refractivity contribution in [2.45, 2.75) is 18.7 Å². The molecule has 0 bridgehead atoms. The summed E-state index contributed by atoms with van der Waals surface area (Å²) in [5.41, 5.74) is 0.00669. The van der Waals surface area contributed by atoms with Gasteiger partial charge in [-0.05, 0) is 25.5 Å². The lowest BCUT2D eigenvalue weighted by Crippen LogP contribution is -2.29. The van der Waals surface area contributed by atoms with Gasteiger partial charge in [0.1, 0.15) is 11.6 Å². The third kappa shape index (κ3) is 4.30. The lowest BCUT2D eigenvalue weighted by Gasteiger charge is -2.17. The Morgan fingerprint density at radius 3 is 2.35 bits per heavy atom. The van der Waals surface area contributed by atoms with Crippen molar-refractivity contribution in [1.29, 1.82) is 0 Å². The van der Waals surface area contributed by atoms with Crippen LogP contribution in [-0.2, 0) is 0 Å². The summed E-state index contributed by atoms with van der Waals surface area (Å²) in [5, 5.41) is -0.0468. The van der Waals surface area contributed by atoms with Gasteiger partial charge >= 0.3 is 0 Å². The Morgan fingerprint density at radius 1 is 1.35 bits per heavy atom. The molecule has 0 aliphatic heterocycles. The van der Waals surface area contributed by atoms with Gasteiger partial charge in [-0.2, -0.15) is 0 Å². The highest BCUT2D eigenvalue weighted by Gasteiger charge is 2.14. The molecule has 0 fully saturated rings. The Balaban J connectivity index is 2.74. The summed E-state index contributed by atoms with van der Waals surface area (Å²) in [6.45, 7) is 2.27. The molecule has 1 amide bonds. The molecule has 1 atom stereocenters. The molecule has 17 heavy (non-hydrogen) atoms. The highest BCUT2D eigenvalue weighted by atomic mass is 35.5. The predicted molar refractivity (Wildman–Crippen MR) is 63.3 cm³/mol. The smallest absolute Gasteiger partial charge is 0.253 e. The van der Waals surface area contributed by atoms with Gasteiger partial charge in [0.2, 0.25) is 0 Å². The van der Waals surface area contributed by atoms with Crippen LogP contribution in [0.3, 0.4) is 0 Å². The van der Waals surface area contributed by atoms with Crippen LogP contribution >= 0.6 is 11.6 Å². The zero-order chi connectivity index (χ0) is 13.0. The molecule has 5 heteroatoms. The van der Waals surface area contributed by atoms with Gasteiger partial charge in [0.15, 0.2) is 0 Å². The summed E-state index contributed by atoms with van der Waals surface area (Å²) in [5.74, 6) is -1.93. The van der Waals surface area contributed by atoms with Crippen LogP contribution in [0.15, 0.2) is 18.2 Å². The number of alkyl halides is 1. The highest BCUT2D eigenvalue weighted by Crippen LogP contribution is 2.11. The second-order valence-corrected chi connectivity index (χ2v) is 4.70. The highest BCUT2D eigenvalue weighted by molar-refractivity contribution is 6.20. The largest absolute Gasteiger partial charge is 0.342 e. The van der Waals surface area contributed by atoms with E-state index in [0.29, 0.717) is 13.0 Å². The topological polar surface area (TPSA) is 20.3 Å². The third-order valence-electron chi connectivity index (χ3n) is 2.32. The standard InChI is InChI=1S/C12H14ClF2NO/c1-8(13)3-4-16(2)12(17)9-5-10(14)7-11(15)6-9/h5-8H,3-4H2,1-2H3. The molecule has 0 heterocycles. The number of hydrogen-bond acceptors (Lipinski definition) is 1. The number of benzene rings is 1. The number of carbonyl (C=O) groups is 1. The number of rotatable bonds is 4. The third-order valence-corrected chi connectivity index (χ3v) is 2.54. The van der Waals surface area contributed by atoms with E-state index in [2.05, 4.69) is 0 Å². The lowest BCUT2D eigenvalue weighted by molar-refractivity contribution is 0.0792. The minimum atomic E-state index is -0.757. The van der Waals surface area contributed by atoms with E-state index in [0.717, 1.165) is 18.2 Å². The molecule has 1 rings (SSSR count). The van der Waals surface area contributed by atoms with Crippen LogP contribution in [-0.4, -0.2) is 29.8 Å². The molecule has 2 nitrogen and oxygen atoms in total. The van der Waals surface area contributed by atoms with Crippen molar-refractivity contribution in [2.75, 3.05) is 13.6 Å². The molecule has 0 radical (unpaired) electrons. The van der Waals surface area contributed by atoms with Crippen LogP contribution in [0.4, 0.5) is 8.78 Å². The van der Waals surface area contributed by atoms with Crippen LogP contribution in [0.1, 0.15) is 23.7 Å². The van der Waals surface area contributed by atoms with Crippen LogP contribution in [0.2, 0.25) is 0 Å². The zero-order valence-corrected chi connectivity index (χ0v) is 10.5. The van der Waals surface area contributed by atoms with Gasteiger partial charge in [-0.15, -0.1) is 11.6 Å². The summed E-state index contributed by atoms with van der Waals surface area (Å²) in [7, 11) is 1.57. The molecule has 0 aromatic heterocycles. The van der Waals surface area contributed by atoms with Crippen LogP contribution < -0.4 is 0 Å². The molecule has 0 aliphatic carbocycles. The first-order chi connectivity index (χ1) is 7.90. The summed E-state index contributed by atoms with van der Waals surface area (Å²) in [4.78, 5) is 13.2. The van der Waals surface area contributed by atoms with Gasteiger partial charge in [0, 0.05) is 30.6 Å². The Morgan fingerprint density at radius 2 is 1.88 bits per heavy atom. The molecular formula is C12H14ClF2NO. The van der Waals surface area contributed by atoms with Crippen molar-refractivity contribution in [1.82, 2.24) is 4.90 Å². The predicted octanol–water partition coefficient (Wildman–Crippen LogP) is 3.05. The fourth-order valence-corrected chi connectivity index (χ4v) is 1.47. The van der Waals surface area contributed by atoms with Crippen molar-refractivity contribution >= 4 is 17.5 Å². The lowest BCUT2D eigenvalue weighted by atomic mass is 10.2. The van der Waals surface area contributed by atoms with Gasteiger partial charge in [0.05, 0.1) is 0 Å². The Bertz CT molecular complexity index is 389. The van der Waals surface area contributed by atoms with E-state index in [9.17, 15) is 13.6 Å². The van der Waals surface area contributed by atoms with Crippen molar-refractivity contribution in [3.05, 3.63) is 35.4 Å².